The Morgan fingerprint density at radius 3 is 2.42 bits per heavy atom. The number of nitrogens with zero attached hydrogens (tertiary/aromatic N) is 3. The average molecular weight is 559 g/mol. The summed E-state index contributed by atoms with van der Waals surface area (Å²) >= 11 is 1.74. The number of amides is 2. The zero-order valence-corrected chi connectivity index (χ0v) is 25.2. The maximum atomic E-state index is 13.5. The van der Waals surface area contributed by atoms with Crippen LogP contribution in [0.2, 0.25) is 0 Å². The Bertz CT molecular complexity index is 1390. The lowest BCUT2D eigenvalue weighted by Crippen LogP contribution is -2.48. The van der Waals surface area contributed by atoms with Crippen molar-refractivity contribution in [3.8, 4) is 0 Å². The molecule has 1 atom stereocenters. The molecule has 212 valence electrons. The van der Waals surface area contributed by atoms with Crippen LogP contribution in [0.4, 0.5) is 0 Å². The van der Waals surface area contributed by atoms with E-state index in [4.69, 9.17) is 4.98 Å². The van der Waals surface area contributed by atoms with E-state index in [0.29, 0.717) is 24.6 Å². The number of hydrogen-bond donors (Lipinski definition) is 1. The molecule has 1 N–H and O–H groups in total. The molecule has 1 unspecified atom stereocenters. The van der Waals surface area contributed by atoms with Gasteiger partial charge in [0.05, 0.1) is 11.0 Å². The molecule has 2 aromatic heterocycles. The van der Waals surface area contributed by atoms with Crippen molar-refractivity contribution in [1.29, 1.82) is 0 Å². The molecule has 0 aliphatic rings. The minimum atomic E-state index is -0.583. The predicted molar refractivity (Wildman–Crippen MR) is 165 cm³/mol. The first-order valence-corrected chi connectivity index (χ1v) is 15.3. The van der Waals surface area contributed by atoms with Gasteiger partial charge in [-0.15, -0.1) is 11.3 Å². The molecule has 4 rings (SSSR count). The second-order valence-corrected chi connectivity index (χ2v) is 12.0. The molecule has 0 saturated carbocycles. The SMILES string of the molecule is CCC(CC)n1c(Cc2cccs2)nc2cc(C(=O)NC(CC(C)C)C(=O)N(C)CCc3ccccc3)ccc21. The van der Waals surface area contributed by atoms with Crippen LogP contribution in [-0.4, -0.2) is 45.9 Å². The summed E-state index contributed by atoms with van der Waals surface area (Å²) in [7, 11) is 1.82. The van der Waals surface area contributed by atoms with E-state index in [0.717, 1.165) is 42.5 Å². The molecule has 0 radical (unpaired) electrons. The maximum Gasteiger partial charge on any atom is 0.252 e. The first-order valence-electron chi connectivity index (χ1n) is 14.4. The van der Waals surface area contributed by atoms with Gasteiger partial charge in [0.1, 0.15) is 11.9 Å². The molecule has 2 aromatic carbocycles. The lowest BCUT2D eigenvalue weighted by atomic mass is 10.0. The highest BCUT2D eigenvalue weighted by Gasteiger charge is 2.26. The Hall–Kier alpha value is -3.45. The number of carbonyl (C=O) groups is 2. The number of thiophene rings is 1. The maximum absolute atomic E-state index is 13.5. The van der Waals surface area contributed by atoms with E-state index < -0.39 is 6.04 Å². The first-order chi connectivity index (χ1) is 19.3. The quantitative estimate of drug-likeness (QED) is 0.194. The van der Waals surface area contributed by atoms with E-state index in [1.54, 1.807) is 16.2 Å². The average Bonchev–Trinajstić information content (AvgIpc) is 3.59. The number of benzene rings is 2. The van der Waals surface area contributed by atoms with Gasteiger partial charge in [-0.05, 0) is 66.8 Å². The number of fused-ring (bicyclic) bond motifs is 1. The van der Waals surface area contributed by atoms with Crippen molar-refractivity contribution in [2.75, 3.05) is 13.6 Å². The molecule has 2 amide bonds. The van der Waals surface area contributed by atoms with Crippen LogP contribution in [0.1, 0.15) is 79.6 Å². The third-order valence-electron chi connectivity index (χ3n) is 7.51. The highest BCUT2D eigenvalue weighted by molar-refractivity contribution is 7.09. The smallest absolute Gasteiger partial charge is 0.252 e. The molecule has 0 bridgehead atoms. The van der Waals surface area contributed by atoms with Gasteiger partial charge in [-0.1, -0.05) is 64.1 Å². The van der Waals surface area contributed by atoms with Gasteiger partial charge in [-0.25, -0.2) is 4.98 Å². The zero-order chi connectivity index (χ0) is 28.6. The Kier molecular flexibility index (Phi) is 10.2. The van der Waals surface area contributed by atoms with Crippen molar-refractivity contribution < 1.29 is 9.59 Å². The molecule has 4 aromatic rings. The Labute approximate surface area is 242 Å². The van der Waals surface area contributed by atoms with Crippen molar-refractivity contribution in [3.63, 3.8) is 0 Å². The van der Waals surface area contributed by atoms with Crippen LogP contribution in [-0.2, 0) is 17.6 Å². The highest BCUT2D eigenvalue weighted by Crippen LogP contribution is 2.28. The highest BCUT2D eigenvalue weighted by atomic mass is 32.1. The topological polar surface area (TPSA) is 67.2 Å². The van der Waals surface area contributed by atoms with Gasteiger partial charge >= 0.3 is 0 Å². The summed E-state index contributed by atoms with van der Waals surface area (Å²) in [5.74, 6) is 0.982. The predicted octanol–water partition coefficient (Wildman–Crippen LogP) is 6.90. The van der Waals surface area contributed by atoms with Crippen molar-refractivity contribution in [2.24, 2.45) is 5.92 Å². The van der Waals surface area contributed by atoms with Crippen molar-refractivity contribution in [3.05, 3.63) is 87.9 Å². The standard InChI is InChI=1S/C33H42N4O2S/c1-6-26(7-2)37-30-16-15-25(21-28(30)34-31(37)22-27-14-11-19-40-27)32(38)35-29(20-23(3)4)33(39)36(5)18-17-24-12-9-8-10-13-24/h8-16,19,21,23,26,29H,6-7,17-18,20,22H2,1-5H3,(H,35,38). The Morgan fingerprint density at radius 1 is 1.02 bits per heavy atom. The number of likely N-dealkylation sites (N-methyl/N-ethyl adjacent to an activating group) is 1. The van der Waals surface area contributed by atoms with Crippen LogP contribution in [0, 0.1) is 5.92 Å². The molecule has 0 aliphatic carbocycles. The summed E-state index contributed by atoms with van der Waals surface area (Å²) in [6.07, 6.45) is 4.15. The minimum Gasteiger partial charge on any atom is -0.344 e. The van der Waals surface area contributed by atoms with Crippen molar-refractivity contribution >= 4 is 34.2 Å². The second-order valence-electron chi connectivity index (χ2n) is 11.0. The van der Waals surface area contributed by atoms with E-state index in [1.165, 1.54) is 10.4 Å². The lowest BCUT2D eigenvalue weighted by Gasteiger charge is -2.26. The molecule has 40 heavy (non-hydrogen) atoms. The molecule has 0 aliphatic heterocycles. The Balaban J connectivity index is 1.54. The number of hydrogen-bond acceptors (Lipinski definition) is 4. The normalized spacial score (nSPS) is 12.3. The van der Waals surface area contributed by atoms with Crippen LogP contribution >= 0.6 is 11.3 Å². The number of aromatic nitrogens is 2. The summed E-state index contributed by atoms with van der Waals surface area (Å²) < 4.78 is 2.35. The van der Waals surface area contributed by atoms with E-state index in [-0.39, 0.29) is 17.7 Å². The van der Waals surface area contributed by atoms with Crippen LogP contribution in [0.25, 0.3) is 11.0 Å². The summed E-state index contributed by atoms with van der Waals surface area (Å²) in [5.41, 5.74) is 3.58. The summed E-state index contributed by atoms with van der Waals surface area (Å²) in [6.45, 7) is 9.16. The van der Waals surface area contributed by atoms with E-state index in [1.807, 2.05) is 43.4 Å². The van der Waals surface area contributed by atoms with E-state index in [2.05, 4.69) is 67.2 Å². The van der Waals surface area contributed by atoms with Crippen molar-refractivity contribution in [2.45, 2.75) is 71.9 Å². The monoisotopic (exact) mass is 558 g/mol. The molecular formula is C33H42N4O2S. The lowest BCUT2D eigenvalue weighted by molar-refractivity contribution is -0.132. The second kappa shape index (κ2) is 13.8. The third-order valence-corrected chi connectivity index (χ3v) is 8.39. The number of rotatable bonds is 13. The van der Waals surface area contributed by atoms with Gasteiger partial charge in [-0.3, -0.25) is 9.59 Å². The number of imidazole rings is 1. The third kappa shape index (κ3) is 7.19. The van der Waals surface area contributed by atoms with Crippen LogP contribution < -0.4 is 5.32 Å². The van der Waals surface area contributed by atoms with E-state index in [9.17, 15) is 9.59 Å². The molecule has 7 heteroatoms. The number of nitrogens with one attached hydrogen (secondary N) is 1. The molecule has 2 heterocycles. The van der Waals surface area contributed by atoms with Crippen LogP contribution in [0.3, 0.4) is 0 Å². The largest absolute Gasteiger partial charge is 0.344 e. The van der Waals surface area contributed by atoms with Gasteiger partial charge in [0.25, 0.3) is 5.91 Å². The van der Waals surface area contributed by atoms with Gasteiger partial charge < -0.3 is 14.8 Å². The van der Waals surface area contributed by atoms with Gasteiger partial charge in [0.15, 0.2) is 0 Å². The fourth-order valence-corrected chi connectivity index (χ4v) is 6.00. The summed E-state index contributed by atoms with van der Waals surface area (Å²) in [5, 5.41) is 5.14. The van der Waals surface area contributed by atoms with Crippen LogP contribution in [0.5, 0.6) is 0 Å². The van der Waals surface area contributed by atoms with Crippen LogP contribution in [0.15, 0.2) is 66.0 Å². The van der Waals surface area contributed by atoms with Gasteiger partial charge in [0, 0.05) is 36.5 Å². The Morgan fingerprint density at radius 2 is 1.77 bits per heavy atom. The minimum absolute atomic E-state index is 0.0599. The number of carbonyl (C=O) groups excluding carboxylic acids is 2. The first kappa shape index (κ1) is 29.5. The molecule has 0 saturated heterocycles. The van der Waals surface area contributed by atoms with Gasteiger partial charge in [-0.2, -0.15) is 0 Å². The fraction of sp³-hybridized carbons (Fsp3) is 0.424. The molecule has 0 spiro atoms. The fourth-order valence-electron chi connectivity index (χ4n) is 5.30. The molecule has 6 nitrogen and oxygen atoms in total. The van der Waals surface area contributed by atoms with E-state index >= 15 is 0 Å². The summed E-state index contributed by atoms with van der Waals surface area (Å²) in [6, 6.07) is 19.9. The zero-order valence-electron chi connectivity index (χ0n) is 24.4. The molecular weight excluding hydrogens is 516 g/mol. The van der Waals surface area contributed by atoms with Crippen molar-refractivity contribution in [1.82, 2.24) is 19.8 Å². The molecule has 0 fully saturated rings. The van der Waals surface area contributed by atoms with Gasteiger partial charge in [0.2, 0.25) is 5.91 Å². The summed E-state index contributed by atoms with van der Waals surface area (Å²) in [4.78, 5) is 34.9.